The Kier molecular flexibility index (Phi) is 10.8. The predicted molar refractivity (Wildman–Crippen MR) is 97.2 cm³/mol. The molecule has 0 unspecified atom stereocenters. The molecule has 0 amide bonds. The van der Waals surface area contributed by atoms with E-state index in [-0.39, 0.29) is 12.2 Å². The Labute approximate surface area is 160 Å². The summed E-state index contributed by atoms with van der Waals surface area (Å²) in [6, 6.07) is 3.16. The van der Waals surface area contributed by atoms with E-state index in [0.29, 0.717) is 0 Å². The van der Waals surface area contributed by atoms with Crippen molar-refractivity contribution >= 4 is 17.9 Å². The van der Waals surface area contributed by atoms with Gasteiger partial charge in [0.15, 0.2) is 0 Å². The minimum absolute atomic E-state index is 0.0220. The van der Waals surface area contributed by atoms with Crippen LogP contribution in [0, 0.1) is 0 Å². The molecule has 0 aliphatic heterocycles. The molecule has 0 fully saturated rings. The molecular weight excluding hydrogens is 348 g/mol. The Morgan fingerprint density at radius 3 is 1.81 bits per heavy atom. The monoisotopic (exact) mass is 376 g/mol. The van der Waals surface area contributed by atoms with E-state index in [0.717, 1.165) is 31.4 Å². The maximum absolute atomic E-state index is 12.0. The lowest BCUT2D eigenvalue weighted by atomic mass is 10.0. The van der Waals surface area contributed by atoms with Crippen LogP contribution in [0.4, 0.5) is 0 Å². The second-order valence-corrected chi connectivity index (χ2v) is 6.65. The summed E-state index contributed by atoms with van der Waals surface area (Å²) in [6.45, 7) is 2.45. The van der Waals surface area contributed by atoms with Crippen molar-refractivity contribution in [2.24, 2.45) is 0 Å². The van der Waals surface area contributed by atoms with Crippen LogP contribution >= 0.6 is 0 Å². The van der Waals surface area contributed by atoms with Gasteiger partial charge in [0.25, 0.3) is 0 Å². The van der Waals surface area contributed by atoms with Gasteiger partial charge in [-0.3, -0.25) is 0 Å². The van der Waals surface area contributed by atoms with Gasteiger partial charge >= 0.3 is 5.97 Å². The third-order valence-electron chi connectivity index (χ3n) is 4.43. The molecule has 27 heavy (non-hydrogen) atoms. The molecule has 6 heteroatoms. The Morgan fingerprint density at radius 2 is 1.30 bits per heavy atom. The van der Waals surface area contributed by atoms with Gasteiger partial charge in [-0.1, -0.05) is 70.8 Å². The van der Waals surface area contributed by atoms with Crippen LogP contribution in [0.1, 0.15) is 102 Å². The first-order chi connectivity index (χ1) is 13.0. The van der Waals surface area contributed by atoms with E-state index < -0.39 is 29.0 Å². The van der Waals surface area contributed by atoms with Crippen LogP contribution in [0.15, 0.2) is 18.2 Å². The van der Waals surface area contributed by atoms with E-state index in [1.54, 1.807) is 0 Å². The van der Waals surface area contributed by atoms with Gasteiger partial charge in [-0.2, -0.15) is 0 Å². The fourth-order valence-electron chi connectivity index (χ4n) is 2.86. The molecule has 0 radical (unpaired) electrons. The molecule has 150 valence electrons. The number of hydrogen-bond acceptors (Lipinski definition) is 6. The van der Waals surface area contributed by atoms with Crippen LogP contribution in [-0.4, -0.2) is 24.5 Å². The molecule has 0 saturated heterocycles. The Hall–Kier alpha value is -2.37. The molecule has 0 aliphatic carbocycles. The number of hydrogen-bond donors (Lipinski definition) is 0. The van der Waals surface area contributed by atoms with Crippen molar-refractivity contribution in [3.05, 3.63) is 34.9 Å². The number of aromatic carboxylic acids is 2. The van der Waals surface area contributed by atoms with Crippen molar-refractivity contribution in [3.8, 4) is 0 Å². The van der Waals surface area contributed by atoms with E-state index in [1.165, 1.54) is 51.0 Å². The van der Waals surface area contributed by atoms with Gasteiger partial charge in [-0.05, 0) is 18.6 Å². The van der Waals surface area contributed by atoms with Crippen LogP contribution in [0.25, 0.3) is 0 Å². The number of ether oxygens (including phenoxy) is 1. The first-order valence-corrected chi connectivity index (χ1v) is 9.71. The number of carbonyl (C=O) groups is 3. The van der Waals surface area contributed by atoms with E-state index >= 15 is 0 Å². The van der Waals surface area contributed by atoms with E-state index in [9.17, 15) is 24.6 Å². The summed E-state index contributed by atoms with van der Waals surface area (Å²) in [5, 5.41) is 21.9. The smallest absolute Gasteiger partial charge is 0.338 e. The molecule has 1 aromatic rings. The molecule has 6 nitrogen and oxygen atoms in total. The van der Waals surface area contributed by atoms with Crippen LogP contribution in [0.3, 0.4) is 0 Å². The normalized spacial score (nSPS) is 10.6. The van der Waals surface area contributed by atoms with Gasteiger partial charge < -0.3 is 24.5 Å². The average Bonchev–Trinajstić information content (AvgIpc) is 2.65. The number of carbonyl (C=O) groups excluding carboxylic acids is 3. The van der Waals surface area contributed by atoms with E-state index in [1.807, 2.05) is 0 Å². The number of carboxylic acids is 2. The zero-order chi connectivity index (χ0) is 20.1. The third-order valence-corrected chi connectivity index (χ3v) is 4.43. The zero-order valence-corrected chi connectivity index (χ0v) is 16.0. The highest BCUT2D eigenvalue weighted by atomic mass is 16.5. The lowest BCUT2D eigenvalue weighted by Gasteiger charge is -2.13. The minimum Gasteiger partial charge on any atom is -0.545 e. The number of carboxylic acid groups (broad SMARTS) is 2. The van der Waals surface area contributed by atoms with Crippen molar-refractivity contribution in [3.63, 3.8) is 0 Å². The first-order valence-electron chi connectivity index (χ1n) is 9.71. The molecule has 0 N–H and O–H groups in total. The first kappa shape index (κ1) is 22.7. The molecule has 0 heterocycles. The molecule has 1 aromatic carbocycles. The predicted octanol–water partition coefficient (Wildman–Crippen LogP) is 2.49. The van der Waals surface area contributed by atoms with Gasteiger partial charge in [-0.25, -0.2) is 4.79 Å². The summed E-state index contributed by atoms with van der Waals surface area (Å²) in [7, 11) is 0. The van der Waals surface area contributed by atoms with Crippen molar-refractivity contribution in [1.82, 2.24) is 0 Å². The summed E-state index contributed by atoms with van der Waals surface area (Å²) in [4.78, 5) is 33.8. The summed E-state index contributed by atoms with van der Waals surface area (Å²) in [6.07, 6.45) is 11.7. The van der Waals surface area contributed by atoms with Gasteiger partial charge in [0.05, 0.1) is 24.1 Å². The summed E-state index contributed by atoms with van der Waals surface area (Å²) in [5.41, 5.74) is -1.14. The molecule has 1 rings (SSSR count). The average molecular weight is 376 g/mol. The molecule has 0 spiro atoms. The Bertz CT molecular complexity index is 623. The SMILES string of the molecule is CCCCCCCCCCCCOC(=O)c1ccc(C(=O)[O-])c(C(=O)[O-])c1. The number of unbranched alkanes of at least 4 members (excludes halogenated alkanes) is 9. The second-order valence-electron chi connectivity index (χ2n) is 6.65. The standard InChI is InChI=1S/C21H30O6/c1-2-3-4-5-6-7-8-9-10-11-14-27-21(26)16-12-13-17(19(22)23)18(15-16)20(24)25/h12-13,15H,2-11,14H2,1H3,(H,22,23)(H,24,25)/p-2. The number of rotatable bonds is 14. The van der Waals surface area contributed by atoms with Gasteiger partial charge in [0.2, 0.25) is 0 Å². The van der Waals surface area contributed by atoms with Crippen molar-refractivity contribution in [2.45, 2.75) is 71.1 Å². The fraction of sp³-hybridized carbons (Fsp3) is 0.571. The molecule has 0 aliphatic rings. The summed E-state index contributed by atoms with van der Waals surface area (Å²) in [5.74, 6) is -4.00. The van der Waals surface area contributed by atoms with Crippen molar-refractivity contribution < 1.29 is 29.3 Å². The Morgan fingerprint density at radius 1 is 0.778 bits per heavy atom. The van der Waals surface area contributed by atoms with Crippen molar-refractivity contribution in [2.75, 3.05) is 6.61 Å². The molecule has 0 atom stereocenters. The minimum atomic E-state index is -1.68. The van der Waals surface area contributed by atoms with Gasteiger partial charge in [0.1, 0.15) is 0 Å². The van der Waals surface area contributed by atoms with E-state index in [2.05, 4.69) is 6.92 Å². The summed E-state index contributed by atoms with van der Waals surface area (Å²) >= 11 is 0. The number of benzene rings is 1. The molecule has 0 aromatic heterocycles. The third kappa shape index (κ3) is 8.71. The molecule has 0 saturated carbocycles. The highest BCUT2D eigenvalue weighted by molar-refractivity contribution is 6.02. The highest BCUT2D eigenvalue weighted by Gasteiger charge is 2.12. The van der Waals surface area contributed by atoms with Crippen LogP contribution in [0.5, 0.6) is 0 Å². The van der Waals surface area contributed by atoms with E-state index in [4.69, 9.17) is 4.74 Å². The number of esters is 1. The zero-order valence-electron chi connectivity index (χ0n) is 16.0. The molecular formula is C21H28O6-2. The van der Waals surface area contributed by atoms with Crippen LogP contribution in [0.2, 0.25) is 0 Å². The lowest BCUT2D eigenvalue weighted by Crippen LogP contribution is -2.30. The van der Waals surface area contributed by atoms with Crippen molar-refractivity contribution in [1.29, 1.82) is 0 Å². The van der Waals surface area contributed by atoms with Gasteiger partial charge in [0, 0.05) is 11.1 Å². The summed E-state index contributed by atoms with van der Waals surface area (Å²) < 4.78 is 5.12. The topological polar surface area (TPSA) is 107 Å². The van der Waals surface area contributed by atoms with Gasteiger partial charge in [-0.15, -0.1) is 0 Å². The second kappa shape index (κ2) is 12.9. The lowest BCUT2D eigenvalue weighted by molar-refractivity contribution is -0.259. The highest BCUT2D eigenvalue weighted by Crippen LogP contribution is 2.13. The fourth-order valence-corrected chi connectivity index (χ4v) is 2.86. The maximum Gasteiger partial charge on any atom is 0.338 e. The molecule has 0 bridgehead atoms. The largest absolute Gasteiger partial charge is 0.545 e. The quantitative estimate of drug-likeness (QED) is 0.365. The maximum atomic E-state index is 12.0. The van der Waals surface area contributed by atoms with Crippen LogP contribution in [-0.2, 0) is 4.74 Å². The Balaban J connectivity index is 2.26. The van der Waals surface area contributed by atoms with Crippen LogP contribution < -0.4 is 10.2 Å².